The number of rotatable bonds is 10. The van der Waals surface area contributed by atoms with E-state index < -0.39 is 23.8 Å². The summed E-state index contributed by atoms with van der Waals surface area (Å²) < 4.78 is 10.3. The van der Waals surface area contributed by atoms with Gasteiger partial charge in [-0.05, 0) is 45.6 Å². The molecule has 0 aliphatic carbocycles. The highest BCUT2D eigenvalue weighted by Gasteiger charge is 2.23. The Bertz CT molecular complexity index is 723. The molecule has 0 fully saturated rings. The zero-order valence-electron chi connectivity index (χ0n) is 17.8. The third kappa shape index (κ3) is 11.6. The normalized spacial score (nSPS) is 11.5. The van der Waals surface area contributed by atoms with E-state index in [-0.39, 0.29) is 19.1 Å². The van der Waals surface area contributed by atoms with Crippen LogP contribution in [0.1, 0.15) is 45.6 Å². The van der Waals surface area contributed by atoms with Crippen LogP contribution in [-0.2, 0) is 20.9 Å². The summed E-state index contributed by atoms with van der Waals surface area (Å²) >= 11 is 0. The highest BCUT2D eigenvalue weighted by molar-refractivity contribution is 5.85. The lowest BCUT2D eigenvalue weighted by Gasteiger charge is -2.23. The van der Waals surface area contributed by atoms with E-state index in [1.54, 1.807) is 20.8 Å². The molecule has 0 bridgehead atoms. The number of benzene rings is 1. The number of alkyl carbamates (subject to hydrolysis) is 2. The zero-order valence-corrected chi connectivity index (χ0v) is 17.8. The second-order valence-electron chi connectivity index (χ2n) is 7.61. The van der Waals surface area contributed by atoms with E-state index in [1.165, 1.54) is 0 Å². The molecule has 1 atom stereocenters. The number of hydrogen-bond acceptors (Lipinski definition) is 5. The zero-order chi connectivity index (χ0) is 22.4. The van der Waals surface area contributed by atoms with Gasteiger partial charge in [-0.3, -0.25) is 4.79 Å². The summed E-state index contributed by atoms with van der Waals surface area (Å²) in [7, 11) is 0. The molecule has 0 saturated heterocycles. The molecule has 164 valence electrons. The summed E-state index contributed by atoms with van der Waals surface area (Å²) in [6.07, 6.45) is 5.55. The Balaban J connectivity index is 2.35. The molecular weight excluding hydrogens is 386 g/mol. The molecule has 1 aromatic rings. The lowest BCUT2D eigenvalue weighted by atomic mass is 10.1. The van der Waals surface area contributed by atoms with Gasteiger partial charge in [0.1, 0.15) is 18.2 Å². The lowest BCUT2D eigenvalue weighted by Crippen LogP contribution is -2.48. The van der Waals surface area contributed by atoms with Crippen molar-refractivity contribution in [2.45, 2.75) is 58.3 Å². The van der Waals surface area contributed by atoms with Crippen molar-refractivity contribution in [3.8, 4) is 12.3 Å². The minimum Gasteiger partial charge on any atom is -0.445 e. The number of amides is 3. The fourth-order valence-electron chi connectivity index (χ4n) is 2.42. The number of terminal acetylenes is 1. The van der Waals surface area contributed by atoms with E-state index in [2.05, 4.69) is 21.9 Å². The van der Waals surface area contributed by atoms with Crippen molar-refractivity contribution in [3.63, 3.8) is 0 Å². The molecule has 1 aromatic carbocycles. The van der Waals surface area contributed by atoms with Gasteiger partial charge in [-0.1, -0.05) is 36.3 Å². The van der Waals surface area contributed by atoms with Crippen LogP contribution in [0.5, 0.6) is 0 Å². The predicted octanol–water partition coefficient (Wildman–Crippen LogP) is 2.73. The average molecular weight is 418 g/mol. The van der Waals surface area contributed by atoms with Crippen molar-refractivity contribution in [1.82, 2.24) is 16.0 Å². The van der Waals surface area contributed by atoms with Gasteiger partial charge >= 0.3 is 12.2 Å². The minimum absolute atomic E-state index is 0.0696. The summed E-state index contributed by atoms with van der Waals surface area (Å²) in [5.74, 6) is 1.94. The number of hydrogen-bond donors (Lipinski definition) is 3. The predicted molar refractivity (Wildman–Crippen MR) is 113 cm³/mol. The number of ether oxygens (including phenoxy) is 2. The quantitative estimate of drug-likeness (QED) is 0.401. The fourth-order valence-corrected chi connectivity index (χ4v) is 2.42. The van der Waals surface area contributed by atoms with Gasteiger partial charge in [-0.15, -0.1) is 6.42 Å². The Morgan fingerprint density at radius 2 is 1.77 bits per heavy atom. The molecule has 0 unspecified atom stereocenters. The topological polar surface area (TPSA) is 106 Å². The Labute approximate surface area is 178 Å². The third-order valence-corrected chi connectivity index (χ3v) is 3.77. The molecule has 8 nitrogen and oxygen atoms in total. The summed E-state index contributed by atoms with van der Waals surface area (Å²) in [6, 6.07) is 8.60. The van der Waals surface area contributed by atoms with Gasteiger partial charge < -0.3 is 25.4 Å². The van der Waals surface area contributed by atoms with Crippen LogP contribution in [0.15, 0.2) is 30.3 Å². The lowest BCUT2D eigenvalue weighted by molar-refractivity contribution is -0.123. The maximum atomic E-state index is 12.2. The van der Waals surface area contributed by atoms with Gasteiger partial charge in [0.05, 0.1) is 6.54 Å². The standard InChI is InChI=1S/C22H31N3O5/c1-5-14-23-19(26)18(25-21(28)30-22(2,3)4)13-9-10-15-24-20(27)29-16-17-11-7-6-8-12-17/h1,6-8,11-12,18H,9-10,13-16H2,2-4H3,(H,23,26)(H,24,27)(H,25,28)/t18-/m0/s1. The van der Waals surface area contributed by atoms with Crippen LogP contribution < -0.4 is 16.0 Å². The Morgan fingerprint density at radius 1 is 1.07 bits per heavy atom. The fraction of sp³-hybridized carbons (Fsp3) is 0.500. The maximum Gasteiger partial charge on any atom is 0.408 e. The average Bonchev–Trinajstić information content (AvgIpc) is 2.68. The van der Waals surface area contributed by atoms with Crippen molar-refractivity contribution < 1.29 is 23.9 Å². The van der Waals surface area contributed by atoms with E-state index in [0.717, 1.165) is 5.56 Å². The molecule has 3 amide bonds. The Kier molecular flexibility index (Phi) is 10.8. The van der Waals surface area contributed by atoms with Crippen molar-refractivity contribution in [2.24, 2.45) is 0 Å². The van der Waals surface area contributed by atoms with Gasteiger partial charge in [0.15, 0.2) is 0 Å². The first kappa shape index (κ1) is 24.8. The molecular formula is C22H31N3O5. The summed E-state index contributed by atoms with van der Waals surface area (Å²) in [4.78, 5) is 35.9. The highest BCUT2D eigenvalue weighted by Crippen LogP contribution is 2.08. The van der Waals surface area contributed by atoms with Crippen LogP contribution in [0.2, 0.25) is 0 Å². The largest absolute Gasteiger partial charge is 0.445 e. The Morgan fingerprint density at radius 3 is 2.40 bits per heavy atom. The van der Waals surface area contributed by atoms with Gasteiger partial charge in [-0.25, -0.2) is 9.59 Å². The molecule has 0 aliphatic rings. The maximum absolute atomic E-state index is 12.2. The van der Waals surface area contributed by atoms with Crippen LogP contribution in [0.25, 0.3) is 0 Å². The van der Waals surface area contributed by atoms with Crippen LogP contribution in [0.3, 0.4) is 0 Å². The summed E-state index contributed by atoms with van der Waals surface area (Å²) in [5.41, 5.74) is 0.232. The number of carbonyl (C=O) groups excluding carboxylic acids is 3. The second-order valence-corrected chi connectivity index (χ2v) is 7.61. The van der Waals surface area contributed by atoms with Crippen molar-refractivity contribution in [2.75, 3.05) is 13.1 Å². The van der Waals surface area contributed by atoms with E-state index in [1.807, 2.05) is 30.3 Å². The molecule has 1 rings (SSSR count). The molecule has 0 aromatic heterocycles. The second kappa shape index (κ2) is 13.1. The molecule has 0 aliphatic heterocycles. The first-order chi connectivity index (χ1) is 14.2. The molecule has 0 radical (unpaired) electrons. The van der Waals surface area contributed by atoms with Crippen LogP contribution in [-0.4, -0.2) is 42.8 Å². The van der Waals surface area contributed by atoms with E-state index in [4.69, 9.17) is 15.9 Å². The van der Waals surface area contributed by atoms with Gasteiger partial charge in [0.25, 0.3) is 0 Å². The van der Waals surface area contributed by atoms with Crippen LogP contribution in [0, 0.1) is 12.3 Å². The van der Waals surface area contributed by atoms with Crippen LogP contribution in [0.4, 0.5) is 9.59 Å². The minimum atomic E-state index is -0.779. The molecule has 0 heterocycles. The molecule has 3 N–H and O–H groups in total. The van der Waals surface area contributed by atoms with E-state index in [9.17, 15) is 14.4 Å². The van der Waals surface area contributed by atoms with Crippen molar-refractivity contribution in [1.29, 1.82) is 0 Å². The van der Waals surface area contributed by atoms with Crippen molar-refractivity contribution >= 4 is 18.1 Å². The van der Waals surface area contributed by atoms with Crippen LogP contribution >= 0.6 is 0 Å². The van der Waals surface area contributed by atoms with Gasteiger partial charge in [-0.2, -0.15) is 0 Å². The van der Waals surface area contributed by atoms with E-state index >= 15 is 0 Å². The number of nitrogens with one attached hydrogen (secondary N) is 3. The third-order valence-electron chi connectivity index (χ3n) is 3.77. The molecule has 30 heavy (non-hydrogen) atoms. The van der Waals surface area contributed by atoms with E-state index in [0.29, 0.717) is 25.8 Å². The van der Waals surface area contributed by atoms with Gasteiger partial charge in [0.2, 0.25) is 5.91 Å². The van der Waals surface area contributed by atoms with Gasteiger partial charge in [0, 0.05) is 6.54 Å². The summed E-state index contributed by atoms with van der Waals surface area (Å²) in [5, 5.41) is 7.79. The number of unbranched alkanes of at least 4 members (excludes halogenated alkanes) is 1. The molecule has 8 heteroatoms. The monoisotopic (exact) mass is 417 g/mol. The first-order valence-corrected chi connectivity index (χ1v) is 9.86. The first-order valence-electron chi connectivity index (χ1n) is 9.86. The summed E-state index contributed by atoms with van der Waals surface area (Å²) in [6.45, 7) is 5.87. The SMILES string of the molecule is C#CCNC(=O)[C@H](CCCCNC(=O)OCc1ccccc1)NC(=O)OC(C)(C)C. The molecule has 0 saturated carbocycles. The highest BCUT2D eigenvalue weighted by atomic mass is 16.6. The Hall–Kier alpha value is -3.21. The van der Waals surface area contributed by atoms with Crippen molar-refractivity contribution in [3.05, 3.63) is 35.9 Å². The number of carbonyl (C=O) groups is 3. The smallest absolute Gasteiger partial charge is 0.408 e. The molecule has 0 spiro atoms.